The van der Waals surface area contributed by atoms with Crippen molar-refractivity contribution in [3.63, 3.8) is 0 Å². The Kier molecular flexibility index (Phi) is 2.26. The van der Waals surface area contributed by atoms with Crippen LogP contribution < -0.4 is 5.73 Å². The second-order valence-electron chi connectivity index (χ2n) is 3.90. The van der Waals surface area contributed by atoms with Gasteiger partial charge in [-0.2, -0.15) is 0 Å². The van der Waals surface area contributed by atoms with Gasteiger partial charge in [0.15, 0.2) is 0 Å². The van der Waals surface area contributed by atoms with E-state index < -0.39 is 0 Å². The molecule has 0 radical (unpaired) electrons. The largest absolute Gasteiger partial charge is 0.323 e. The third-order valence-electron chi connectivity index (χ3n) is 2.72. The van der Waals surface area contributed by atoms with Gasteiger partial charge in [0.25, 0.3) is 0 Å². The van der Waals surface area contributed by atoms with Crippen LogP contribution in [-0.4, -0.2) is 15.0 Å². The van der Waals surface area contributed by atoms with Gasteiger partial charge < -0.3 is 5.73 Å². The molecule has 74 valence electrons. The van der Waals surface area contributed by atoms with Crippen LogP contribution in [0.25, 0.3) is 0 Å². The number of hydrogen-bond donors (Lipinski definition) is 1. The third kappa shape index (κ3) is 1.51. The van der Waals surface area contributed by atoms with Gasteiger partial charge in [-0.1, -0.05) is 5.21 Å². The minimum atomic E-state index is -0.0488. The van der Waals surface area contributed by atoms with E-state index in [1.54, 1.807) is 0 Å². The van der Waals surface area contributed by atoms with E-state index >= 15 is 0 Å². The lowest BCUT2D eigenvalue weighted by atomic mass is 9.81. The fourth-order valence-corrected chi connectivity index (χ4v) is 1.62. The molecule has 0 amide bonds. The number of terminal acetylenes is 1. The minimum Gasteiger partial charge on any atom is -0.323 e. The van der Waals surface area contributed by atoms with Crippen LogP contribution in [0.5, 0.6) is 0 Å². The first kappa shape index (κ1) is 9.22. The molecule has 1 unspecified atom stereocenters. The Morgan fingerprint density at radius 2 is 2.43 bits per heavy atom. The predicted octanol–water partition coefficient (Wildman–Crippen LogP) is 0.882. The lowest BCUT2D eigenvalue weighted by molar-refractivity contribution is 0.228. The molecule has 0 spiro atoms. The van der Waals surface area contributed by atoms with E-state index in [4.69, 9.17) is 12.2 Å². The van der Waals surface area contributed by atoms with Gasteiger partial charge in [-0.25, -0.2) is 4.68 Å². The van der Waals surface area contributed by atoms with Crippen LogP contribution in [0.15, 0.2) is 6.20 Å². The lowest BCUT2D eigenvalue weighted by Crippen LogP contribution is -2.26. The highest BCUT2D eigenvalue weighted by Crippen LogP contribution is 2.36. The molecule has 1 fully saturated rings. The second-order valence-corrected chi connectivity index (χ2v) is 3.90. The summed E-state index contributed by atoms with van der Waals surface area (Å²) in [4.78, 5) is 0. The van der Waals surface area contributed by atoms with Crippen LogP contribution in [0.4, 0.5) is 0 Å². The molecular formula is C10H14N4. The molecule has 1 aliphatic carbocycles. The number of aromatic nitrogens is 3. The first-order valence-electron chi connectivity index (χ1n) is 4.84. The second kappa shape index (κ2) is 3.43. The molecule has 0 bridgehead atoms. The Morgan fingerprint density at radius 1 is 1.71 bits per heavy atom. The Balaban J connectivity index is 2.02. The summed E-state index contributed by atoms with van der Waals surface area (Å²) >= 11 is 0. The number of hydrogen-bond acceptors (Lipinski definition) is 3. The Bertz CT molecular complexity index is 354. The standard InChI is InChI=1S/C10H14N4/c1-3-8-4-9(5-8)14-6-10(7(2)11)12-13-14/h1,6-9H,4-5,11H2,2H3. The molecule has 2 rings (SSSR count). The summed E-state index contributed by atoms with van der Waals surface area (Å²) in [5.74, 6) is 3.16. The average molecular weight is 190 g/mol. The molecule has 1 heterocycles. The van der Waals surface area contributed by atoms with Gasteiger partial charge in [-0.05, 0) is 19.8 Å². The van der Waals surface area contributed by atoms with E-state index in [9.17, 15) is 0 Å². The molecule has 1 aromatic heterocycles. The molecular weight excluding hydrogens is 176 g/mol. The molecule has 4 heteroatoms. The van der Waals surface area contributed by atoms with Crippen LogP contribution in [0.2, 0.25) is 0 Å². The number of nitrogens with zero attached hydrogens (tertiary/aromatic N) is 3. The Hall–Kier alpha value is -1.34. The fraction of sp³-hybridized carbons (Fsp3) is 0.600. The van der Waals surface area contributed by atoms with Crippen molar-refractivity contribution in [3.05, 3.63) is 11.9 Å². The highest BCUT2D eigenvalue weighted by molar-refractivity contribution is 5.05. The maximum atomic E-state index is 5.69. The van der Waals surface area contributed by atoms with Crippen LogP contribution >= 0.6 is 0 Å². The maximum Gasteiger partial charge on any atom is 0.0991 e. The van der Waals surface area contributed by atoms with Crippen LogP contribution in [-0.2, 0) is 0 Å². The molecule has 1 aromatic rings. The molecule has 0 aromatic carbocycles. The van der Waals surface area contributed by atoms with Crippen LogP contribution in [0.1, 0.15) is 37.5 Å². The van der Waals surface area contributed by atoms with E-state index in [-0.39, 0.29) is 6.04 Å². The van der Waals surface area contributed by atoms with Gasteiger partial charge in [0, 0.05) is 12.0 Å². The van der Waals surface area contributed by atoms with Gasteiger partial charge in [0.1, 0.15) is 0 Å². The van der Waals surface area contributed by atoms with Crippen molar-refractivity contribution in [1.82, 2.24) is 15.0 Å². The summed E-state index contributed by atoms with van der Waals surface area (Å²) in [7, 11) is 0. The number of nitrogens with two attached hydrogens (primary N) is 1. The zero-order valence-corrected chi connectivity index (χ0v) is 8.22. The molecule has 14 heavy (non-hydrogen) atoms. The predicted molar refractivity (Wildman–Crippen MR) is 53.2 cm³/mol. The van der Waals surface area contributed by atoms with Crippen LogP contribution in [0.3, 0.4) is 0 Å². The summed E-state index contributed by atoms with van der Waals surface area (Å²) in [5, 5.41) is 8.05. The van der Waals surface area contributed by atoms with Crippen molar-refractivity contribution in [1.29, 1.82) is 0 Å². The summed E-state index contributed by atoms with van der Waals surface area (Å²) in [5.41, 5.74) is 6.53. The molecule has 1 saturated carbocycles. The smallest absolute Gasteiger partial charge is 0.0991 e. The first-order valence-corrected chi connectivity index (χ1v) is 4.84. The van der Waals surface area contributed by atoms with E-state index in [1.807, 2.05) is 17.8 Å². The Labute approximate surface area is 83.5 Å². The Morgan fingerprint density at radius 3 is 2.93 bits per heavy atom. The summed E-state index contributed by atoms with van der Waals surface area (Å²) in [6.45, 7) is 1.90. The molecule has 0 saturated heterocycles. The van der Waals surface area contributed by atoms with Crippen molar-refractivity contribution < 1.29 is 0 Å². The van der Waals surface area contributed by atoms with E-state index in [0.29, 0.717) is 12.0 Å². The highest BCUT2D eigenvalue weighted by atomic mass is 15.4. The molecule has 2 N–H and O–H groups in total. The van der Waals surface area contributed by atoms with Gasteiger partial charge in [-0.15, -0.1) is 17.4 Å². The minimum absolute atomic E-state index is 0.0488. The van der Waals surface area contributed by atoms with Crippen molar-refractivity contribution in [2.75, 3.05) is 0 Å². The molecule has 4 nitrogen and oxygen atoms in total. The van der Waals surface area contributed by atoms with Gasteiger partial charge in [0.2, 0.25) is 0 Å². The van der Waals surface area contributed by atoms with E-state index in [1.165, 1.54) is 0 Å². The molecule has 1 atom stereocenters. The van der Waals surface area contributed by atoms with Crippen molar-refractivity contribution in [3.8, 4) is 12.3 Å². The summed E-state index contributed by atoms with van der Waals surface area (Å²) in [6, 6.07) is 0.378. The van der Waals surface area contributed by atoms with Crippen molar-refractivity contribution in [2.24, 2.45) is 11.7 Å². The van der Waals surface area contributed by atoms with Gasteiger partial charge in [0.05, 0.1) is 17.9 Å². The SMILES string of the molecule is C#CC1CC(n2cc(C(C)N)nn2)C1. The monoisotopic (exact) mass is 190 g/mol. The zero-order valence-electron chi connectivity index (χ0n) is 8.22. The lowest BCUT2D eigenvalue weighted by Gasteiger charge is -2.31. The van der Waals surface area contributed by atoms with Gasteiger partial charge >= 0.3 is 0 Å². The zero-order chi connectivity index (χ0) is 10.1. The van der Waals surface area contributed by atoms with Crippen molar-refractivity contribution >= 4 is 0 Å². The number of rotatable bonds is 2. The van der Waals surface area contributed by atoms with E-state index in [2.05, 4.69) is 16.2 Å². The summed E-state index contributed by atoms with van der Waals surface area (Å²) < 4.78 is 1.88. The summed E-state index contributed by atoms with van der Waals surface area (Å²) in [6.07, 6.45) is 9.26. The normalized spacial score (nSPS) is 27.8. The fourth-order valence-electron chi connectivity index (χ4n) is 1.62. The van der Waals surface area contributed by atoms with Crippen molar-refractivity contribution in [2.45, 2.75) is 31.8 Å². The van der Waals surface area contributed by atoms with Gasteiger partial charge in [-0.3, -0.25) is 0 Å². The molecule has 0 aliphatic heterocycles. The average Bonchev–Trinajstić information content (AvgIpc) is 2.51. The topological polar surface area (TPSA) is 56.7 Å². The first-order chi connectivity index (χ1) is 6.70. The van der Waals surface area contributed by atoms with E-state index in [0.717, 1.165) is 18.5 Å². The third-order valence-corrected chi connectivity index (χ3v) is 2.72. The maximum absolute atomic E-state index is 5.69. The highest BCUT2D eigenvalue weighted by Gasteiger charge is 2.29. The molecule has 1 aliphatic rings. The van der Waals surface area contributed by atoms with Crippen LogP contribution in [0, 0.1) is 18.3 Å². The quantitative estimate of drug-likeness (QED) is 0.704.